The third-order valence-corrected chi connectivity index (χ3v) is 3.72. The van der Waals surface area contributed by atoms with Crippen molar-refractivity contribution < 1.29 is 0 Å². The lowest BCUT2D eigenvalue weighted by atomic mass is 9.83. The summed E-state index contributed by atoms with van der Waals surface area (Å²) in [5.41, 5.74) is 0.617. The molecule has 0 amide bonds. The van der Waals surface area contributed by atoms with E-state index in [0.29, 0.717) is 5.41 Å². The van der Waals surface area contributed by atoms with E-state index in [1.54, 1.807) is 0 Å². The van der Waals surface area contributed by atoms with Gasteiger partial charge in [-0.1, -0.05) is 46.5 Å². The molecule has 0 radical (unpaired) electrons. The van der Waals surface area contributed by atoms with Gasteiger partial charge in [0.05, 0.1) is 0 Å². The van der Waals surface area contributed by atoms with Gasteiger partial charge in [0.15, 0.2) is 0 Å². The van der Waals surface area contributed by atoms with Crippen molar-refractivity contribution in [2.24, 2.45) is 11.3 Å². The van der Waals surface area contributed by atoms with Crippen LogP contribution < -0.4 is 5.32 Å². The van der Waals surface area contributed by atoms with Crippen LogP contribution in [0.5, 0.6) is 0 Å². The smallest absolute Gasteiger partial charge is 0.000564 e. The molecule has 1 saturated heterocycles. The minimum atomic E-state index is 0.617. The maximum absolute atomic E-state index is 3.48. The van der Waals surface area contributed by atoms with Crippen LogP contribution in [0.3, 0.4) is 0 Å². The van der Waals surface area contributed by atoms with E-state index in [9.17, 15) is 0 Å². The quantitative estimate of drug-likeness (QED) is 0.686. The molecular weight excluding hydrogens is 170 g/mol. The van der Waals surface area contributed by atoms with Gasteiger partial charge in [-0.15, -0.1) is 0 Å². The Balaban J connectivity index is 2.08. The molecule has 0 aromatic rings. The third kappa shape index (κ3) is 4.00. The molecule has 1 aliphatic rings. The van der Waals surface area contributed by atoms with Crippen LogP contribution >= 0.6 is 0 Å². The Bertz CT molecular complexity index is 147. The van der Waals surface area contributed by atoms with Crippen molar-refractivity contribution in [3.63, 3.8) is 0 Å². The Morgan fingerprint density at radius 2 is 2.14 bits per heavy atom. The lowest BCUT2D eigenvalue weighted by Crippen LogP contribution is -2.20. The van der Waals surface area contributed by atoms with Gasteiger partial charge >= 0.3 is 0 Å². The van der Waals surface area contributed by atoms with E-state index in [1.165, 1.54) is 51.6 Å². The van der Waals surface area contributed by atoms with E-state index in [-0.39, 0.29) is 0 Å². The minimum absolute atomic E-state index is 0.617. The molecule has 1 heterocycles. The van der Waals surface area contributed by atoms with Crippen molar-refractivity contribution in [3.05, 3.63) is 0 Å². The highest BCUT2D eigenvalue weighted by atomic mass is 14.9. The maximum atomic E-state index is 3.48. The monoisotopic (exact) mass is 197 g/mol. The second-order valence-electron chi connectivity index (χ2n) is 5.52. The van der Waals surface area contributed by atoms with E-state index in [2.05, 4.69) is 26.1 Å². The summed E-state index contributed by atoms with van der Waals surface area (Å²) in [6, 6.07) is 0. The van der Waals surface area contributed by atoms with Gasteiger partial charge < -0.3 is 5.32 Å². The van der Waals surface area contributed by atoms with E-state index in [4.69, 9.17) is 0 Å². The Hall–Kier alpha value is -0.0400. The molecule has 0 spiro atoms. The van der Waals surface area contributed by atoms with Crippen LogP contribution in [0.25, 0.3) is 0 Å². The van der Waals surface area contributed by atoms with E-state index >= 15 is 0 Å². The van der Waals surface area contributed by atoms with Crippen molar-refractivity contribution >= 4 is 0 Å². The zero-order valence-electron chi connectivity index (χ0n) is 10.2. The maximum Gasteiger partial charge on any atom is 0.000564 e. The van der Waals surface area contributed by atoms with Crippen molar-refractivity contribution in [1.29, 1.82) is 0 Å². The van der Waals surface area contributed by atoms with Gasteiger partial charge in [-0.2, -0.15) is 0 Å². The van der Waals surface area contributed by atoms with Gasteiger partial charge in [0.2, 0.25) is 0 Å². The first-order valence-corrected chi connectivity index (χ1v) is 6.37. The Morgan fingerprint density at radius 3 is 2.71 bits per heavy atom. The van der Waals surface area contributed by atoms with Crippen LogP contribution in [0.1, 0.15) is 59.3 Å². The van der Waals surface area contributed by atoms with Crippen LogP contribution in [0.2, 0.25) is 0 Å². The molecule has 1 unspecified atom stereocenters. The summed E-state index contributed by atoms with van der Waals surface area (Å²) in [6.45, 7) is 9.62. The van der Waals surface area contributed by atoms with Crippen LogP contribution in [0.4, 0.5) is 0 Å². The SMILES string of the molecule is CCCC(C)CCC[C@]1(C)CCNC1. The van der Waals surface area contributed by atoms with Gasteiger partial charge in [0.1, 0.15) is 0 Å². The largest absolute Gasteiger partial charge is 0.316 e. The van der Waals surface area contributed by atoms with Crippen molar-refractivity contribution in [1.82, 2.24) is 5.32 Å². The zero-order valence-corrected chi connectivity index (χ0v) is 10.2. The van der Waals surface area contributed by atoms with Crippen LogP contribution in [0, 0.1) is 11.3 Å². The summed E-state index contributed by atoms with van der Waals surface area (Å²) in [4.78, 5) is 0. The molecule has 1 fully saturated rings. The number of rotatable bonds is 6. The Labute approximate surface area is 89.7 Å². The Morgan fingerprint density at radius 1 is 1.36 bits per heavy atom. The number of hydrogen-bond acceptors (Lipinski definition) is 1. The lowest BCUT2D eigenvalue weighted by molar-refractivity contribution is 0.306. The number of hydrogen-bond donors (Lipinski definition) is 1. The lowest BCUT2D eigenvalue weighted by Gasteiger charge is -2.23. The van der Waals surface area contributed by atoms with Crippen molar-refractivity contribution in [3.8, 4) is 0 Å². The summed E-state index contributed by atoms with van der Waals surface area (Å²) < 4.78 is 0. The zero-order chi connectivity index (χ0) is 10.4. The minimum Gasteiger partial charge on any atom is -0.316 e. The standard InChI is InChI=1S/C13H27N/c1-4-6-12(2)7-5-8-13(3)9-10-14-11-13/h12,14H,4-11H2,1-3H3/t12?,13-/m1/s1. The fourth-order valence-corrected chi connectivity index (χ4v) is 2.60. The second kappa shape index (κ2) is 5.75. The van der Waals surface area contributed by atoms with Gasteiger partial charge in [0.25, 0.3) is 0 Å². The summed E-state index contributed by atoms with van der Waals surface area (Å²) >= 11 is 0. The molecule has 14 heavy (non-hydrogen) atoms. The molecule has 1 rings (SSSR count). The number of nitrogens with one attached hydrogen (secondary N) is 1. The molecule has 0 aromatic heterocycles. The molecule has 2 atom stereocenters. The molecule has 1 nitrogen and oxygen atoms in total. The molecule has 0 aliphatic carbocycles. The summed E-state index contributed by atoms with van der Waals surface area (Å²) in [6.07, 6.45) is 8.43. The fraction of sp³-hybridized carbons (Fsp3) is 1.00. The molecule has 1 heteroatoms. The molecule has 0 bridgehead atoms. The Kier molecular flexibility index (Phi) is 4.94. The highest BCUT2D eigenvalue weighted by molar-refractivity contribution is 4.83. The highest BCUT2D eigenvalue weighted by Gasteiger charge is 2.27. The predicted octanol–water partition coefficient (Wildman–Crippen LogP) is 3.59. The summed E-state index contributed by atoms with van der Waals surface area (Å²) in [5, 5.41) is 3.48. The van der Waals surface area contributed by atoms with E-state index in [0.717, 1.165) is 5.92 Å². The van der Waals surface area contributed by atoms with Gasteiger partial charge in [-0.25, -0.2) is 0 Å². The average Bonchev–Trinajstić information content (AvgIpc) is 2.53. The van der Waals surface area contributed by atoms with Gasteiger partial charge in [-0.3, -0.25) is 0 Å². The van der Waals surface area contributed by atoms with Crippen LogP contribution in [-0.4, -0.2) is 13.1 Å². The van der Waals surface area contributed by atoms with Gasteiger partial charge in [0, 0.05) is 6.54 Å². The highest BCUT2D eigenvalue weighted by Crippen LogP contribution is 2.31. The summed E-state index contributed by atoms with van der Waals surface area (Å²) in [5.74, 6) is 0.943. The molecule has 0 saturated carbocycles. The molecule has 0 aromatic carbocycles. The average molecular weight is 197 g/mol. The topological polar surface area (TPSA) is 12.0 Å². The van der Waals surface area contributed by atoms with E-state index < -0.39 is 0 Å². The van der Waals surface area contributed by atoms with Crippen molar-refractivity contribution in [2.75, 3.05) is 13.1 Å². The molecule has 1 aliphatic heterocycles. The summed E-state index contributed by atoms with van der Waals surface area (Å²) in [7, 11) is 0. The normalized spacial score (nSPS) is 29.4. The molecule has 84 valence electrons. The molecule has 1 N–H and O–H groups in total. The molecular formula is C13H27N. The predicted molar refractivity (Wildman–Crippen MR) is 63.5 cm³/mol. The first-order chi connectivity index (χ1) is 6.66. The van der Waals surface area contributed by atoms with Crippen molar-refractivity contribution in [2.45, 2.75) is 59.3 Å². The first kappa shape index (κ1) is 12.0. The van der Waals surface area contributed by atoms with Gasteiger partial charge in [-0.05, 0) is 30.7 Å². The van der Waals surface area contributed by atoms with Crippen LogP contribution in [-0.2, 0) is 0 Å². The fourth-order valence-electron chi connectivity index (χ4n) is 2.60. The second-order valence-corrected chi connectivity index (χ2v) is 5.52. The van der Waals surface area contributed by atoms with E-state index in [1.807, 2.05) is 0 Å². The van der Waals surface area contributed by atoms with Crippen LogP contribution in [0.15, 0.2) is 0 Å². The first-order valence-electron chi connectivity index (χ1n) is 6.37. The third-order valence-electron chi connectivity index (χ3n) is 3.72.